The minimum atomic E-state index is -0.808. The molecule has 29 heavy (non-hydrogen) atoms. The van der Waals surface area contributed by atoms with Crippen LogP contribution >= 0.6 is 11.8 Å². The van der Waals surface area contributed by atoms with Crippen molar-refractivity contribution < 1.29 is 8.78 Å². The Morgan fingerprint density at radius 3 is 2.59 bits per heavy atom. The summed E-state index contributed by atoms with van der Waals surface area (Å²) in [5, 5.41) is 0.743. The molecule has 0 unspecified atom stereocenters. The summed E-state index contributed by atoms with van der Waals surface area (Å²) < 4.78 is 29.2. The first-order valence-electron chi connectivity index (χ1n) is 9.10. The van der Waals surface area contributed by atoms with Gasteiger partial charge in [-0.05, 0) is 49.2 Å². The van der Waals surface area contributed by atoms with Crippen LogP contribution in [0.3, 0.4) is 0 Å². The molecule has 0 bridgehead atoms. The number of thioether (sulfide) groups is 1. The average molecular weight is 408 g/mol. The Labute approximate surface area is 171 Å². The number of aromatic nitrogens is 2. The highest BCUT2D eigenvalue weighted by Crippen LogP contribution is 2.27. The number of hydrogen-bond acceptors (Lipinski definition) is 3. The summed E-state index contributed by atoms with van der Waals surface area (Å²) >= 11 is 1.35. The molecule has 0 N–H and O–H groups in total. The number of halogens is 2. The molecule has 146 valence electrons. The van der Waals surface area contributed by atoms with Crippen LogP contribution in [0.1, 0.15) is 16.7 Å². The fourth-order valence-electron chi connectivity index (χ4n) is 3.18. The molecule has 0 aliphatic heterocycles. The summed E-state index contributed by atoms with van der Waals surface area (Å²) in [6, 6.07) is 16.3. The van der Waals surface area contributed by atoms with Gasteiger partial charge < -0.3 is 0 Å². The van der Waals surface area contributed by atoms with Crippen LogP contribution in [0.2, 0.25) is 0 Å². The molecule has 0 saturated carbocycles. The lowest BCUT2D eigenvalue weighted by Gasteiger charge is -2.14. The fraction of sp³-hybridized carbons (Fsp3) is 0.130. The van der Waals surface area contributed by atoms with Gasteiger partial charge in [0.25, 0.3) is 5.56 Å². The maximum absolute atomic E-state index is 14.5. The smallest absolute Gasteiger partial charge is 0.266 e. The summed E-state index contributed by atoms with van der Waals surface area (Å²) in [5.41, 5.74) is 3.52. The van der Waals surface area contributed by atoms with Crippen LogP contribution in [0.15, 0.2) is 70.6 Å². The normalized spacial score (nSPS) is 11.2. The summed E-state index contributed by atoms with van der Waals surface area (Å²) in [7, 11) is 0. The van der Waals surface area contributed by atoms with Crippen LogP contribution in [0.25, 0.3) is 16.6 Å². The van der Waals surface area contributed by atoms with Gasteiger partial charge in [0.05, 0.1) is 16.6 Å². The van der Waals surface area contributed by atoms with E-state index in [1.165, 1.54) is 22.4 Å². The van der Waals surface area contributed by atoms with Crippen molar-refractivity contribution in [3.63, 3.8) is 0 Å². The lowest BCUT2D eigenvalue weighted by molar-refractivity contribution is 0.572. The quantitative estimate of drug-likeness (QED) is 0.327. The van der Waals surface area contributed by atoms with E-state index in [9.17, 15) is 13.6 Å². The second-order valence-corrected chi connectivity index (χ2v) is 7.81. The van der Waals surface area contributed by atoms with E-state index >= 15 is 0 Å². The highest BCUT2D eigenvalue weighted by atomic mass is 32.2. The van der Waals surface area contributed by atoms with E-state index in [0.717, 1.165) is 28.8 Å². The van der Waals surface area contributed by atoms with E-state index < -0.39 is 11.6 Å². The summed E-state index contributed by atoms with van der Waals surface area (Å²) in [5.74, 6) is -0.934. The average Bonchev–Trinajstić information content (AvgIpc) is 2.70. The van der Waals surface area contributed by atoms with Crippen molar-refractivity contribution in [3.8, 4) is 5.69 Å². The maximum atomic E-state index is 14.5. The van der Waals surface area contributed by atoms with E-state index in [1.807, 2.05) is 26.0 Å². The second-order valence-electron chi connectivity index (χ2n) is 6.87. The molecule has 0 amide bonds. The van der Waals surface area contributed by atoms with Crippen molar-refractivity contribution in [1.29, 1.82) is 0 Å². The molecule has 1 heterocycles. The fourth-order valence-corrected chi connectivity index (χ4v) is 4.25. The van der Waals surface area contributed by atoms with Gasteiger partial charge >= 0.3 is 0 Å². The molecule has 0 saturated heterocycles. The Morgan fingerprint density at radius 2 is 1.79 bits per heavy atom. The molecule has 1 aromatic heterocycles. The number of fused-ring (bicyclic) bond motifs is 1. The van der Waals surface area contributed by atoms with Gasteiger partial charge in [-0.15, -0.1) is 0 Å². The van der Waals surface area contributed by atoms with E-state index in [2.05, 4.69) is 11.1 Å². The molecule has 0 spiro atoms. The largest absolute Gasteiger partial charge is 0.268 e. The Hall–Kier alpha value is -2.99. The Bertz CT molecular complexity index is 1280. The van der Waals surface area contributed by atoms with E-state index in [4.69, 9.17) is 0 Å². The third-order valence-corrected chi connectivity index (χ3v) is 5.74. The van der Waals surface area contributed by atoms with Crippen LogP contribution in [-0.2, 0) is 5.75 Å². The summed E-state index contributed by atoms with van der Waals surface area (Å²) in [6.07, 6.45) is 0. The van der Waals surface area contributed by atoms with Crippen LogP contribution in [0.4, 0.5) is 8.78 Å². The first-order chi connectivity index (χ1) is 13.9. The molecule has 0 radical (unpaired) electrons. The van der Waals surface area contributed by atoms with Crippen LogP contribution in [0.5, 0.6) is 0 Å². The molecular weight excluding hydrogens is 390 g/mol. The maximum Gasteiger partial charge on any atom is 0.266 e. The van der Waals surface area contributed by atoms with Gasteiger partial charge in [-0.3, -0.25) is 9.36 Å². The zero-order valence-corrected chi connectivity index (χ0v) is 16.8. The lowest BCUT2D eigenvalue weighted by atomic mass is 10.1. The highest BCUT2D eigenvalue weighted by Gasteiger charge is 2.17. The van der Waals surface area contributed by atoms with Gasteiger partial charge in [0.15, 0.2) is 5.16 Å². The van der Waals surface area contributed by atoms with Gasteiger partial charge in [0, 0.05) is 11.8 Å². The van der Waals surface area contributed by atoms with Crippen molar-refractivity contribution in [3.05, 3.63) is 99.3 Å². The molecule has 3 nitrogen and oxygen atoms in total. The van der Waals surface area contributed by atoms with Gasteiger partial charge in [-0.1, -0.05) is 47.7 Å². The molecule has 0 atom stereocenters. The molecule has 0 aliphatic carbocycles. The molecule has 4 aromatic rings. The molecular formula is C23H18F2N2OS. The Balaban J connectivity index is 1.87. The molecule has 0 fully saturated rings. The predicted molar refractivity (Wildman–Crippen MR) is 113 cm³/mol. The Morgan fingerprint density at radius 1 is 1.00 bits per heavy atom. The van der Waals surface area contributed by atoms with Crippen molar-refractivity contribution in [2.75, 3.05) is 0 Å². The molecule has 4 rings (SSSR count). The van der Waals surface area contributed by atoms with E-state index in [0.29, 0.717) is 21.8 Å². The highest BCUT2D eigenvalue weighted by molar-refractivity contribution is 7.98. The van der Waals surface area contributed by atoms with Gasteiger partial charge in [0.2, 0.25) is 0 Å². The van der Waals surface area contributed by atoms with Crippen molar-refractivity contribution >= 4 is 22.7 Å². The number of rotatable bonds is 4. The van der Waals surface area contributed by atoms with Crippen molar-refractivity contribution in [2.24, 2.45) is 0 Å². The second kappa shape index (κ2) is 7.79. The van der Waals surface area contributed by atoms with Crippen LogP contribution < -0.4 is 5.56 Å². The summed E-state index contributed by atoms with van der Waals surface area (Å²) in [6.45, 7) is 4.04. The first-order valence-corrected chi connectivity index (χ1v) is 10.1. The van der Waals surface area contributed by atoms with E-state index in [-0.39, 0.29) is 11.2 Å². The monoisotopic (exact) mass is 408 g/mol. The number of aryl methyl sites for hydroxylation is 2. The predicted octanol–water partition coefficient (Wildman–Crippen LogP) is 5.57. The minimum absolute atomic E-state index is 0.0156. The number of benzene rings is 3. The zero-order chi connectivity index (χ0) is 20.5. The number of nitrogens with zero attached hydrogens (tertiary/aromatic N) is 2. The third-order valence-electron chi connectivity index (χ3n) is 4.76. The standard InChI is InChI=1S/C23H18F2N2OS/c1-14-7-8-15(2)16(11-14)13-29-23-26-20-6-4-3-5-18(20)22(28)27(23)21-10-9-17(24)12-19(21)25/h3-12H,13H2,1-2H3. The van der Waals surface area contributed by atoms with E-state index in [1.54, 1.807) is 24.3 Å². The summed E-state index contributed by atoms with van der Waals surface area (Å²) in [4.78, 5) is 17.8. The van der Waals surface area contributed by atoms with Crippen LogP contribution in [0, 0.1) is 25.5 Å². The topological polar surface area (TPSA) is 34.9 Å². The SMILES string of the molecule is Cc1ccc(C)c(CSc2nc3ccccc3c(=O)n2-c2ccc(F)cc2F)c1. The van der Waals surface area contributed by atoms with Gasteiger partial charge in [-0.2, -0.15) is 0 Å². The Kier molecular flexibility index (Phi) is 5.20. The zero-order valence-electron chi connectivity index (χ0n) is 15.9. The van der Waals surface area contributed by atoms with Gasteiger partial charge in [0.1, 0.15) is 11.6 Å². The van der Waals surface area contributed by atoms with Crippen molar-refractivity contribution in [2.45, 2.75) is 24.8 Å². The molecule has 6 heteroatoms. The minimum Gasteiger partial charge on any atom is -0.268 e. The lowest BCUT2D eigenvalue weighted by Crippen LogP contribution is -2.22. The van der Waals surface area contributed by atoms with Crippen molar-refractivity contribution in [1.82, 2.24) is 9.55 Å². The number of para-hydroxylation sites is 1. The van der Waals surface area contributed by atoms with Crippen LogP contribution in [-0.4, -0.2) is 9.55 Å². The first kappa shape index (κ1) is 19.3. The number of hydrogen-bond donors (Lipinski definition) is 0. The third kappa shape index (κ3) is 3.80. The molecule has 3 aromatic carbocycles. The molecule has 0 aliphatic rings. The van der Waals surface area contributed by atoms with Gasteiger partial charge in [-0.25, -0.2) is 13.8 Å².